The van der Waals surface area contributed by atoms with E-state index in [1.54, 1.807) is 45.3 Å². The van der Waals surface area contributed by atoms with Gasteiger partial charge in [0.15, 0.2) is 5.82 Å². The lowest BCUT2D eigenvalue weighted by Gasteiger charge is -2.21. The molecule has 2 aromatic heterocycles. The molecule has 0 radical (unpaired) electrons. The number of nitrogens with two attached hydrogens (primary N) is 1. The average molecular weight is 548 g/mol. The lowest BCUT2D eigenvalue weighted by Crippen LogP contribution is -2.18. The summed E-state index contributed by atoms with van der Waals surface area (Å²) in [6, 6.07) is 0. The Hall–Kier alpha value is -3.00. The molecule has 0 spiro atoms. The van der Waals surface area contributed by atoms with Crippen LogP contribution in [0.4, 0.5) is 15.4 Å². The number of fused-ring (bicyclic) bond motifs is 1. The van der Waals surface area contributed by atoms with Crippen molar-refractivity contribution < 1.29 is 46.9 Å². The molecule has 1 atom stereocenters. The molecule has 1 unspecified atom stereocenters. The third-order valence-electron chi connectivity index (χ3n) is 4.48. The van der Waals surface area contributed by atoms with Crippen molar-refractivity contribution in [1.82, 2.24) is 19.6 Å². The molecule has 0 aromatic carbocycles. The molecular formula is C21H34N5O10P. The van der Waals surface area contributed by atoms with Crippen LogP contribution in [0.5, 0.6) is 0 Å². The van der Waals surface area contributed by atoms with Crippen molar-refractivity contribution in [2.45, 2.75) is 72.2 Å². The fourth-order valence-corrected chi connectivity index (χ4v) is 3.87. The summed E-state index contributed by atoms with van der Waals surface area (Å²) in [7, 11) is -4.01. The summed E-state index contributed by atoms with van der Waals surface area (Å²) in [4.78, 5) is 31.3. The van der Waals surface area contributed by atoms with Crippen LogP contribution in [0.2, 0.25) is 0 Å². The molecule has 37 heavy (non-hydrogen) atoms. The molecule has 0 fully saturated rings. The number of ether oxygens (including phenoxy) is 5. The first kappa shape index (κ1) is 30.2. The summed E-state index contributed by atoms with van der Waals surface area (Å²) in [5.74, 6) is 1.05. The Morgan fingerprint density at radius 3 is 2.16 bits per heavy atom. The Labute approximate surface area is 214 Å². The Morgan fingerprint density at radius 2 is 1.59 bits per heavy atom. The van der Waals surface area contributed by atoms with Crippen LogP contribution in [0.15, 0.2) is 12.5 Å². The minimum Gasteiger partial charge on any atom is -0.432 e. The van der Waals surface area contributed by atoms with Crippen LogP contribution in [0.3, 0.4) is 0 Å². The van der Waals surface area contributed by atoms with E-state index in [4.69, 9.17) is 38.5 Å². The van der Waals surface area contributed by atoms with Crippen molar-refractivity contribution in [1.29, 1.82) is 0 Å². The zero-order valence-electron chi connectivity index (χ0n) is 21.5. The monoisotopic (exact) mass is 547 g/mol. The molecule has 0 aliphatic rings. The number of imidazole rings is 1. The first-order valence-electron chi connectivity index (χ1n) is 11.6. The molecule has 0 saturated carbocycles. The zero-order valence-corrected chi connectivity index (χ0v) is 22.4. The smallest absolute Gasteiger partial charge is 0.432 e. The third-order valence-corrected chi connectivity index (χ3v) is 5.94. The lowest BCUT2D eigenvalue weighted by molar-refractivity contribution is -0.0367. The molecule has 16 heteroatoms. The average Bonchev–Trinajstić information content (AvgIpc) is 3.21. The van der Waals surface area contributed by atoms with Crippen LogP contribution in [0, 0.1) is 0 Å². The van der Waals surface area contributed by atoms with Gasteiger partial charge < -0.3 is 29.4 Å². The van der Waals surface area contributed by atoms with Gasteiger partial charge in [-0.2, -0.15) is 5.10 Å². The number of nitrogen functional groups attached to an aromatic ring is 1. The van der Waals surface area contributed by atoms with Gasteiger partial charge in [-0.3, -0.25) is 13.6 Å². The molecular weight excluding hydrogens is 513 g/mol. The summed E-state index contributed by atoms with van der Waals surface area (Å²) in [5, 5.41) is 4.15. The highest BCUT2D eigenvalue weighted by atomic mass is 31.2. The van der Waals surface area contributed by atoms with E-state index in [1.807, 2.05) is 0 Å². The van der Waals surface area contributed by atoms with Crippen LogP contribution in [-0.4, -0.2) is 70.1 Å². The Bertz CT molecular complexity index is 1030. The number of hydrogen-bond acceptors (Lipinski definition) is 14. The largest absolute Gasteiger partial charge is 0.510 e. The van der Waals surface area contributed by atoms with E-state index in [9.17, 15) is 14.2 Å². The van der Waals surface area contributed by atoms with Crippen molar-refractivity contribution in [3.8, 4) is 0 Å². The quantitative estimate of drug-likeness (QED) is 0.193. The van der Waals surface area contributed by atoms with Gasteiger partial charge in [0.05, 0.1) is 24.5 Å². The maximum atomic E-state index is 13.1. The van der Waals surface area contributed by atoms with E-state index in [1.165, 1.54) is 6.33 Å². The number of carbonyl (C=O) groups is 2. The Balaban J connectivity index is 1.85. The highest BCUT2D eigenvalue weighted by Crippen LogP contribution is 2.48. The number of nitrogens with zero attached hydrogens (tertiary/aromatic N) is 4. The van der Waals surface area contributed by atoms with E-state index < -0.39 is 52.0 Å². The van der Waals surface area contributed by atoms with Gasteiger partial charge in [0.1, 0.15) is 24.0 Å². The summed E-state index contributed by atoms with van der Waals surface area (Å²) >= 11 is 0. The predicted molar refractivity (Wildman–Crippen MR) is 128 cm³/mol. The van der Waals surface area contributed by atoms with Crippen molar-refractivity contribution >= 4 is 31.2 Å². The molecule has 2 aromatic rings. The molecule has 0 amide bonds. The van der Waals surface area contributed by atoms with Gasteiger partial charge in [-0.05, 0) is 47.5 Å². The van der Waals surface area contributed by atoms with Crippen molar-refractivity contribution in [2.75, 3.05) is 25.7 Å². The molecule has 0 saturated heterocycles. The molecule has 2 rings (SSSR count). The SMILES string of the molecule is CC(C)OC(=O)OCOP(=O)(COC(C)CCCc1ncc2c(N)ncnn12)OCOC(=O)OC(C)C. The van der Waals surface area contributed by atoms with Gasteiger partial charge in [-0.15, -0.1) is 0 Å². The first-order chi connectivity index (χ1) is 17.5. The van der Waals surface area contributed by atoms with Crippen LogP contribution >= 0.6 is 7.60 Å². The normalized spacial score (nSPS) is 12.6. The minimum atomic E-state index is -4.01. The number of aryl methyl sites for hydroxylation is 1. The molecule has 0 bridgehead atoms. The van der Waals surface area contributed by atoms with Gasteiger partial charge in [0.25, 0.3) is 0 Å². The first-order valence-corrected chi connectivity index (χ1v) is 13.3. The Kier molecular flexibility index (Phi) is 12.0. The Morgan fingerprint density at radius 1 is 1.00 bits per heavy atom. The van der Waals surface area contributed by atoms with Gasteiger partial charge in [-0.25, -0.2) is 24.1 Å². The van der Waals surface area contributed by atoms with Crippen LogP contribution in [0.1, 0.15) is 53.3 Å². The van der Waals surface area contributed by atoms with E-state index in [0.717, 1.165) is 0 Å². The van der Waals surface area contributed by atoms with E-state index >= 15 is 0 Å². The number of hydrogen-bond donors (Lipinski definition) is 1. The zero-order chi connectivity index (χ0) is 27.4. The topological polar surface area (TPSA) is 185 Å². The van der Waals surface area contributed by atoms with Gasteiger partial charge >= 0.3 is 19.9 Å². The molecule has 2 N–H and O–H groups in total. The van der Waals surface area contributed by atoms with Gasteiger partial charge in [-0.1, -0.05) is 0 Å². The second kappa shape index (κ2) is 14.7. The van der Waals surface area contributed by atoms with Crippen LogP contribution in [-0.2, 0) is 43.7 Å². The lowest BCUT2D eigenvalue weighted by atomic mass is 10.1. The maximum Gasteiger partial charge on any atom is 0.510 e. The number of carbonyl (C=O) groups excluding carboxylic acids is 2. The van der Waals surface area contributed by atoms with E-state index in [0.29, 0.717) is 36.4 Å². The number of anilines is 1. The molecule has 15 nitrogen and oxygen atoms in total. The highest BCUT2D eigenvalue weighted by molar-refractivity contribution is 7.53. The minimum absolute atomic E-state index is 0.337. The van der Waals surface area contributed by atoms with Gasteiger partial charge in [0.2, 0.25) is 13.6 Å². The van der Waals surface area contributed by atoms with Crippen LogP contribution < -0.4 is 5.73 Å². The molecule has 208 valence electrons. The molecule has 0 aliphatic heterocycles. The molecule has 2 heterocycles. The van der Waals surface area contributed by atoms with Crippen molar-refractivity contribution in [2.24, 2.45) is 0 Å². The van der Waals surface area contributed by atoms with E-state index in [2.05, 4.69) is 15.1 Å². The fraction of sp³-hybridized carbons (Fsp3) is 0.667. The summed E-state index contributed by atoms with van der Waals surface area (Å²) in [6.07, 6.45) is 1.10. The van der Waals surface area contributed by atoms with Gasteiger partial charge in [0, 0.05) is 6.42 Å². The predicted octanol–water partition coefficient (Wildman–Crippen LogP) is 3.66. The number of rotatable bonds is 15. The summed E-state index contributed by atoms with van der Waals surface area (Å²) in [5.41, 5.74) is 6.44. The second-order valence-corrected chi connectivity index (χ2v) is 10.3. The number of aromatic nitrogens is 4. The summed E-state index contributed by atoms with van der Waals surface area (Å²) in [6.45, 7) is 6.87. The fourth-order valence-electron chi connectivity index (χ4n) is 2.79. The third kappa shape index (κ3) is 10.9. The maximum absolute atomic E-state index is 13.1. The van der Waals surface area contributed by atoms with Crippen molar-refractivity contribution in [3.63, 3.8) is 0 Å². The van der Waals surface area contributed by atoms with E-state index in [-0.39, 0.29) is 6.10 Å². The molecule has 0 aliphatic carbocycles. The summed E-state index contributed by atoms with van der Waals surface area (Å²) < 4.78 is 49.7. The standard InChI is InChI=1S/C21H34N5O10P/c1-14(2)35-20(27)30-11-33-37(29,34-12-31-21(28)36-15(3)4)13-32-16(5)7-6-8-18-23-9-17-19(22)24-10-25-26(17)18/h9-10,14-16H,6-8,11-13H2,1-5H3,(H2,22,24,25). The second-order valence-electron chi connectivity index (χ2n) is 8.34. The highest BCUT2D eigenvalue weighted by Gasteiger charge is 2.28. The van der Waals surface area contributed by atoms with Crippen molar-refractivity contribution in [3.05, 3.63) is 18.3 Å². The van der Waals surface area contributed by atoms with Crippen LogP contribution in [0.25, 0.3) is 5.52 Å².